The molecule has 2 aromatic carbocycles. The number of hydrogen-bond acceptors (Lipinski definition) is 4. The first-order chi connectivity index (χ1) is 10.6. The maximum Gasteiger partial charge on any atom is 0.347 e. The van der Waals surface area contributed by atoms with Crippen LogP contribution in [0.4, 0.5) is 0 Å². The Labute approximate surface area is 138 Å². The van der Waals surface area contributed by atoms with Crippen molar-refractivity contribution in [2.75, 3.05) is 6.61 Å². The van der Waals surface area contributed by atoms with Gasteiger partial charge in [-0.05, 0) is 62.4 Å². The maximum absolute atomic E-state index is 11.5. The number of rotatable bonds is 6. The molecular weight excluding hydrogens is 348 g/mol. The predicted octanol–water partition coefficient (Wildman–Crippen LogP) is 4.57. The Kier molecular flexibility index (Phi) is 5.83. The lowest BCUT2D eigenvalue weighted by atomic mass is 10.3. The van der Waals surface area contributed by atoms with Gasteiger partial charge in [-0.1, -0.05) is 15.9 Å². The summed E-state index contributed by atoms with van der Waals surface area (Å²) in [5.41, 5.74) is 0. The summed E-state index contributed by atoms with van der Waals surface area (Å²) in [6.07, 6.45) is -0.641. The summed E-state index contributed by atoms with van der Waals surface area (Å²) in [4.78, 5) is 11.5. The first-order valence-corrected chi connectivity index (χ1v) is 7.74. The Hall–Kier alpha value is -2.01. The summed E-state index contributed by atoms with van der Waals surface area (Å²) in [6, 6.07) is 14.6. The molecule has 0 saturated carbocycles. The van der Waals surface area contributed by atoms with Crippen LogP contribution in [0.5, 0.6) is 17.2 Å². The van der Waals surface area contributed by atoms with Crippen molar-refractivity contribution in [3.05, 3.63) is 53.0 Å². The largest absolute Gasteiger partial charge is 0.479 e. The highest BCUT2D eigenvalue weighted by atomic mass is 79.9. The molecule has 22 heavy (non-hydrogen) atoms. The van der Waals surface area contributed by atoms with Gasteiger partial charge in [-0.15, -0.1) is 0 Å². The quantitative estimate of drug-likeness (QED) is 0.704. The van der Waals surface area contributed by atoms with Crippen LogP contribution in [0.2, 0.25) is 0 Å². The number of carbonyl (C=O) groups is 1. The lowest BCUT2D eigenvalue weighted by Gasteiger charge is -2.13. The van der Waals surface area contributed by atoms with E-state index in [4.69, 9.17) is 14.2 Å². The zero-order valence-electron chi connectivity index (χ0n) is 12.4. The van der Waals surface area contributed by atoms with E-state index < -0.39 is 6.10 Å². The topological polar surface area (TPSA) is 44.8 Å². The average Bonchev–Trinajstić information content (AvgIpc) is 2.51. The van der Waals surface area contributed by atoms with E-state index in [1.54, 1.807) is 38.1 Å². The molecule has 0 bridgehead atoms. The van der Waals surface area contributed by atoms with Crippen molar-refractivity contribution < 1.29 is 19.0 Å². The molecular formula is C17H17BrO4. The molecule has 116 valence electrons. The first kappa shape index (κ1) is 16.4. The van der Waals surface area contributed by atoms with Crippen LogP contribution in [0.25, 0.3) is 0 Å². The van der Waals surface area contributed by atoms with E-state index in [0.29, 0.717) is 18.1 Å². The predicted molar refractivity (Wildman–Crippen MR) is 87.4 cm³/mol. The SMILES string of the molecule is CCOC(=O)C(C)Oc1ccc(Oc2ccc(Br)cc2)cc1. The van der Waals surface area contributed by atoms with Crippen LogP contribution in [0, 0.1) is 0 Å². The van der Waals surface area contributed by atoms with Gasteiger partial charge in [-0.25, -0.2) is 4.79 Å². The van der Waals surface area contributed by atoms with Gasteiger partial charge in [0.25, 0.3) is 0 Å². The second-order valence-corrected chi connectivity index (χ2v) is 5.46. The standard InChI is InChI=1S/C17H17BrO4/c1-3-20-17(19)12(2)21-14-8-10-16(11-9-14)22-15-6-4-13(18)5-7-15/h4-12H,3H2,1-2H3. The molecule has 0 spiro atoms. The van der Waals surface area contributed by atoms with E-state index in [1.165, 1.54) is 0 Å². The molecule has 5 heteroatoms. The van der Waals surface area contributed by atoms with Crippen molar-refractivity contribution in [3.63, 3.8) is 0 Å². The number of ether oxygens (including phenoxy) is 3. The fourth-order valence-corrected chi connectivity index (χ4v) is 2.00. The normalized spacial score (nSPS) is 11.6. The molecule has 2 rings (SSSR count). The van der Waals surface area contributed by atoms with E-state index >= 15 is 0 Å². The summed E-state index contributed by atoms with van der Waals surface area (Å²) >= 11 is 3.38. The van der Waals surface area contributed by atoms with Crippen molar-refractivity contribution >= 4 is 21.9 Å². The molecule has 0 fully saturated rings. The molecule has 0 N–H and O–H groups in total. The van der Waals surface area contributed by atoms with Gasteiger partial charge in [0.15, 0.2) is 6.10 Å². The fourth-order valence-electron chi connectivity index (χ4n) is 1.74. The van der Waals surface area contributed by atoms with E-state index in [0.717, 1.165) is 10.2 Å². The first-order valence-electron chi connectivity index (χ1n) is 6.95. The third kappa shape index (κ3) is 4.77. The second-order valence-electron chi connectivity index (χ2n) is 4.54. The van der Waals surface area contributed by atoms with Crippen molar-refractivity contribution in [2.24, 2.45) is 0 Å². The Morgan fingerprint density at radius 1 is 1.00 bits per heavy atom. The van der Waals surface area contributed by atoms with Crippen molar-refractivity contribution in [1.82, 2.24) is 0 Å². The number of esters is 1. The summed E-state index contributed by atoms with van der Waals surface area (Å²) < 4.78 is 17.1. The third-order valence-corrected chi connectivity index (χ3v) is 3.33. The molecule has 0 heterocycles. The molecule has 0 aromatic heterocycles. The number of carbonyl (C=O) groups excluding carboxylic acids is 1. The monoisotopic (exact) mass is 364 g/mol. The lowest BCUT2D eigenvalue weighted by molar-refractivity contribution is -0.150. The molecule has 0 aliphatic rings. The van der Waals surface area contributed by atoms with E-state index in [1.807, 2.05) is 24.3 Å². The van der Waals surface area contributed by atoms with Gasteiger partial charge in [0.2, 0.25) is 0 Å². The minimum absolute atomic E-state index is 0.340. The highest BCUT2D eigenvalue weighted by Gasteiger charge is 2.15. The molecule has 0 saturated heterocycles. The van der Waals surface area contributed by atoms with Crippen LogP contribution in [-0.2, 0) is 9.53 Å². The second kappa shape index (κ2) is 7.84. The van der Waals surface area contributed by atoms with Crippen LogP contribution in [0.3, 0.4) is 0 Å². The Morgan fingerprint density at radius 2 is 1.50 bits per heavy atom. The summed E-state index contributed by atoms with van der Waals surface area (Å²) in [5, 5.41) is 0. The van der Waals surface area contributed by atoms with Gasteiger partial charge in [-0.3, -0.25) is 0 Å². The summed E-state index contributed by atoms with van der Waals surface area (Å²) in [6.45, 7) is 3.76. The minimum Gasteiger partial charge on any atom is -0.479 e. The average molecular weight is 365 g/mol. The van der Waals surface area contributed by atoms with Gasteiger partial charge < -0.3 is 14.2 Å². The van der Waals surface area contributed by atoms with Crippen LogP contribution >= 0.6 is 15.9 Å². The summed E-state index contributed by atoms with van der Waals surface area (Å²) in [5.74, 6) is 1.65. The molecule has 0 amide bonds. The summed E-state index contributed by atoms with van der Waals surface area (Å²) in [7, 11) is 0. The zero-order chi connectivity index (χ0) is 15.9. The van der Waals surface area contributed by atoms with Gasteiger partial charge in [-0.2, -0.15) is 0 Å². The fraction of sp³-hybridized carbons (Fsp3) is 0.235. The molecule has 0 radical (unpaired) electrons. The number of halogens is 1. The molecule has 0 aliphatic heterocycles. The van der Waals surface area contributed by atoms with Crippen LogP contribution < -0.4 is 9.47 Å². The van der Waals surface area contributed by atoms with Gasteiger partial charge in [0, 0.05) is 4.47 Å². The highest BCUT2D eigenvalue weighted by molar-refractivity contribution is 9.10. The van der Waals surface area contributed by atoms with Crippen LogP contribution in [-0.4, -0.2) is 18.7 Å². The molecule has 1 unspecified atom stereocenters. The van der Waals surface area contributed by atoms with Crippen molar-refractivity contribution in [3.8, 4) is 17.2 Å². The maximum atomic E-state index is 11.5. The highest BCUT2D eigenvalue weighted by Crippen LogP contribution is 2.25. The van der Waals surface area contributed by atoms with Gasteiger partial charge in [0.1, 0.15) is 17.2 Å². The van der Waals surface area contributed by atoms with E-state index in [9.17, 15) is 4.79 Å². The molecule has 0 aliphatic carbocycles. The van der Waals surface area contributed by atoms with Crippen molar-refractivity contribution in [2.45, 2.75) is 20.0 Å². The zero-order valence-corrected chi connectivity index (χ0v) is 14.0. The third-order valence-electron chi connectivity index (χ3n) is 2.80. The molecule has 2 aromatic rings. The van der Waals surface area contributed by atoms with Crippen molar-refractivity contribution in [1.29, 1.82) is 0 Å². The number of hydrogen-bond donors (Lipinski definition) is 0. The van der Waals surface area contributed by atoms with E-state index in [-0.39, 0.29) is 5.97 Å². The number of benzene rings is 2. The Morgan fingerprint density at radius 3 is 2.05 bits per heavy atom. The minimum atomic E-state index is -0.641. The smallest absolute Gasteiger partial charge is 0.347 e. The Balaban J connectivity index is 1.95. The molecule has 4 nitrogen and oxygen atoms in total. The molecule has 1 atom stereocenters. The Bertz CT molecular complexity index is 608. The van der Waals surface area contributed by atoms with E-state index in [2.05, 4.69) is 15.9 Å². The van der Waals surface area contributed by atoms with Gasteiger partial charge >= 0.3 is 5.97 Å². The lowest BCUT2D eigenvalue weighted by Crippen LogP contribution is -2.25. The van der Waals surface area contributed by atoms with Crippen LogP contribution in [0.1, 0.15) is 13.8 Å². The van der Waals surface area contributed by atoms with Gasteiger partial charge in [0.05, 0.1) is 6.61 Å². The van der Waals surface area contributed by atoms with Crippen LogP contribution in [0.15, 0.2) is 53.0 Å².